The van der Waals surface area contributed by atoms with E-state index in [1.54, 1.807) is 0 Å². The lowest BCUT2D eigenvalue weighted by atomic mass is 9.93. The quantitative estimate of drug-likeness (QED) is 0.0984. The molecule has 0 rings (SSSR count). The molecule has 0 aromatic heterocycles. The highest BCUT2D eigenvalue weighted by atomic mass is 16.6. The monoisotopic (exact) mass is 667 g/mol. The minimum absolute atomic E-state index is 0.0375. The highest BCUT2D eigenvalue weighted by Crippen LogP contribution is 2.17. The zero-order valence-corrected chi connectivity index (χ0v) is 29.4. The van der Waals surface area contributed by atoms with Crippen LogP contribution < -0.4 is 5.32 Å². The number of amides is 1. The Morgan fingerprint density at radius 1 is 0.457 bits per heavy atom. The maximum absolute atomic E-state index is 11.7. The molecule has 0 saturated carbocycles. The van der Waals surface area contributed by atoms with Gasteiger partial charge in [0.25, 0.3) is 0 Å². The second-order valence-corrected chi connectivity index (χ2v) is 11.9. The molecular weight excluding hydrogens is 602 g/mol. The van der Waals surface area contributed by atoms with E-state index in [-0.39, 0.29) is 30.4 Å². The smallest absolute Gasteiger partial charge is 0.220 e. The molecule has 1 N–H and O–H groups in total. The van der Waals surface area contributed by atoms with E-state index in [4.69, 9.17) is 47.4 Å². The number of carbonyl (C=O) groups is 2. The molecule has 13 heteroatoms. The number of hydrogen-bond donors (Lipinski definition) is 1. The zero-order chi connectivity index (χ0) is 34.0. The van der Waals surface area contributed by atoms with Gasteiger partial charge in [-0.2, -0.15) is 0 Å². The topological polar surface area (TPSA) is 138 Å². The van der Waals surface area contributed by atoms with Gasteiger partial charge in [-0.1, -0.05) is 34.6 Å². The first-order valence-corrected chi connectivity index (χ1v) is 16.8. The fraction of sp³-hybridized carbons (Fsp3) is 0.939. The molecule has 0 unspecified atom stereocenters. The number of ketones is 1. The summed E-state index contributed by atoms with van der Waals surface area (Å²) in [5.74, 6) is -0.0723. The molecule has 0 aliphatic carbocycles. The first kappa shape index (κ1) is 44.7. The summed E-state index contributed by atoms with van der Waals surface area (Å²) in [6.45, 7) is 21.0. The van der Waals surface area contributed by atoms with Gasteiger partial charge in [-0.25, -0.2) is 0 Å². The van der Waals surface area contributed by atoms with Crippen molar-refractivity contribution in [2.75, 3.05) is 139 Å². The van der Waals surface area contributed by atoms with Gasteiger partial charge in [0.15, 0.2) is 0 Å². The summed E-state index contributed by atoms with van der Waals surface area (Å²) in [6, 6.07) is 0. The maximum atomic E-state index is 11.7. The largest absolute Gasteiger partial charge is 0.379 e. The number of nitrogens with one attached hydrogen (secondary N) is 1. The summed E-state index contributed by atoms with van der Waals surface area (Å²) in [6.07, 6.45) is 1.54. The van der Waals surface area contributed by atoms with Gasteiger partial charge in [-0.15, -0.1) is 0 Å². The average molecular weight is 668 g/mol. The second-order valence-electron chi connectivity index (χ2n) is 11.9. The summed E-state index contributed by atoms with van der Waals surface area (Å²) in [4.78, 5) is 23.2. The summed E-state index contributed by atoms with van der Waals surface area (Å²) < 4.78 is 54.7. The molecule has 0 aromatic carbocycles. The summed E-state index contributed by atoms with van der Waals surface area (Å²) in [7, 11) is 0. The van der Waals surface area contributed by atoms with E-state index in [9.17, 15) is 9.59 Å². The lowest BCUT2D eigenvalue weighted by molar-refractivity contribution is -0.126. The SMILES string of the molecule is CC(C)C(=O)CCC(=O)NCCOCCOCCOCCOCCOCCOCCOCCOCCOCCOCCC(C)(C)C. The molecule has 0 bridgehead atoms. The number of Topliss-reactive ketones (excluding diaryl/α,β-unsaturated/α-hetero) is 1. The lowest BCUT2D eigenvalue weighted by Gasteiger charge is -2.17. The fourth-order valence-corrected chi connectivity index (χ4v) is 3.34. The van der Waals surface area contributed by atoms with E-state index >= 15 is 0 Å². The van der Waals surface area contributed by atoms with Crippen LogP contribution >= 0.6 is 0 Å². The van der Waals surface area contributed by atoms with Gasteiger partial charge < -0.3 is 52.7 Å². The molecule has 0 aromatic rings. The average Bonchev–Trinajstić information content (AvgIpc) is 3.01. The van der Waals surface area contributed by atoms with E-state index in [2.05, 4.69) is 26.1 Å². The normalized spacial score (nSPS) is 11.9. The van der Waals surface area contributed by atoms with E-state index in [1.165, 1.54) is 0 Å². The summed E-state index contributed by atoms with van der Waals surface area (Å²) >= 11 is 0. The van der Waals surface area contributed by atoms with Crippen molar-refractivity contribution in [3.8, 4) is 0 Å². The minimum Gasteiger partial charge on any atom is -0.379 e. The predicted molar refractivity (Wildman–Crippen MR) is 174 cm³/mol. The van der Waals surface area contributed by atoms with Crippen molar-refractivity contribution in [3.63, 3.8) is 0 Å². The van der Waals surface area contributed by atoms with E-state index in [0.717, 1.165) is 13.0 Å². The molecule has 0 spiro atoms. The van der Waals surface area contributed by atoms with Crippen molar-refractivity contribution in [1.29, 1.82) is 0 Å². The van der Waals surface area contributed by atoms with E-state index in [1.807, 2.05) is 13.8 Å². The predicted octanol–water partition coefficient (Wildman–Crippen LogP) is 2.71. The minimum atomic E-state index is -0.134. The van der Waals surface area contributed by atoms with Crippen molar-refractivity contribution >= 4 is 11.7 Å². The summed E-state index contributed by atoms with van der Waals surface area (Å²) in [5.41, 5.74) is 0.299. The molecule has 0 aliphatic rings. The van der Waals surface area contributed by atoms with Gasteiger partial charge in [0.05, 0.1) is 126 Å². The van der Waals surface area contributed by atoms with Crippen LogP contribution in [0.2, 0.25) is 0 Å². The van der Waals surface area contributed by atoms with Crippen LogP contribution in [0.4, 0.5) is 0 Å². The number of hydrogen-bond acceptors (Lipinski definition) is 12. The third-order valence-corrected chi connectivity index (χ3v) is 6.16. The second kappa shape index (κ2) is 33.6. The molecule has 0 heterocycles. The van der Waals surface area contributed by atoms with Crippen molar-refractivity contribution in [2.45, 2.75) is 53.9 Å². The Labute approximate surface area is 277 Å². The Morgan fingerprint density at radius 3 is 1.02 bits per heavy atom. The highest BCUT2D eigenvalue weighted by molar-refractivity contribution is 5.85. The Hall–Kier alpha value is -1.26. The first-order valence-electron chi connectivity index (χ1n) is 16.8. The Morgan fingerprint density at radius 2 is 0.739 bits per heavy atom. The van der Waals surface area contributed by atoms with E-state index in [0.29, 0.717) is 137 Å². The van der Waals surface area contributed by atoms with Crippen LogP contribution in [0.25, 0.3) is 0 Å². The molecule has 0 atom stereocenters. The number of rotatable bonds is 36. The molecular formula is C33H65NO12. The Kier molecular flexibility index (Phi) is 32.7. The van der Waals surface area contributed by atoms with Crippen LogP contribution in [-0.2, 0) is 57.0 Å². The third-order valence-electron chi connectivity index (χ3n) is 6.16. The van der Waals surface area contributed by atoms with E-state index < -0.39 is 0 Å². The molecule has 13 nitrogen and oxygen atoms in total. The molecule has 274 valence electrons. The number of ether oxygens (including phenoxy) is 10. The van der Waals surface area contributed by atoms with Gasteiger partial charge >= 0.3 is 0 Å². The molecule has 0 saturated heterocycles. The van der Waals surface area contributed by atoms with Crippen LogP contribution in [0.5, 0.6) is 0 Å². The Bertz CT molecular complexity index is 676. The molecule has 46 heavy (non-hydrogen) atoms. The van der Waals surface area contributed by atoms with Crippen molar-refractivity contribution < 1.29 is 57.0 Å². The van der Waals surface area contributed by atoms with Crippen LogP contribution in [0.3, 0.4) is 0 Å². The molecule has 0 radical (unpaired) electrons. The van der Waals surface area contributed by atoms with Crippen molar-refractivity contribution in [2.24, 2.45) is 11.3 Å². The Balaban J connectivity index is 3.13. The van der Waals surface area contributed by atoms with Crippen molar-refractivity contribution in [1.82, 2.24) is 5.32 Å². The lowest BCUT2D eigenvalue weighted by Crippen LogP contribution is -2.28. The maximum Gasteiger partial charge on any atom is 0.220 e. The van der Waals surface area contributed by atoms with Gasteiger partial charge in [0.1, 0.15) is 5.78 Å². The third kappa shape index (κ3) is 37.2. The van der Waals surface area contributed by atoms with Gasteiger partial charge in [0.2, 0.25) is 5.91 Å². The standard InChI is InChI=1S/C33H65NO12/c1-30(2)31(35)6-7-32(36)34-9-11-38-13-15-40-17-19-42-21-23-44-25-27-46-29-28-45-26-24-43-22-20-41-18-16-39-14-12-37-10-8-33(3,4)5/h30H,6-29H2,1-5H3,(H,34,36). The van der Waals surface area contributed by atoms with Crippen LogP contribution in [-0.4, -0.2) is 150 Å². The molecule has 0 aliphatic heterocycles. The van der Waals surface area contributed by atoms with Gasteiger partial charge in [-0.3, -0.25) is 9.59 Å². The van der Waals surface area contributed by atoms with Crippen LogP contribution in [0, 0.1) is 11.3 Å². The first-order chi connectivity index (χ1) is 22.2. The fourth-order valence-electron chi connectivity index (χ4n) is 3.34. The molecule has 0 fully saturated rings. The molecule has 1 amide bonds. The van der Waals surface area contributed by atoms with Gasteiger partial charge in [-0.05, 0) is 11.8 Å². The zero-order valence-electron chi connectivity index (χ0n) is 29.4. The van der Waals surface area contributed by atoms with Gasteiger partial charge in [0, 0.05) is 31.9 Å². The van der Waals surface area contributed by atoms with Crippen LogP contribution in [0.1, 0.15) is 53.9 Å². The van der Waals surface area contributed by atoms with Crippen LogP contribution in [0.15, 0.2) is 0 Å². The van der Waals surface area contributed by atoms with Crippen molar-refractivity contribution in [3.05, 3.63) is 0 Å². The number of carbonyl (C=O) groups excluding carboxylic acids is 2. The highest BCUT2D eigenvalue weighted by Gasteiger charge is 2.10. The summed E-state index contributed by atoms with van der Waals surface area (Å²) in [5, 5.41) is 2.74.